The molecule has 0 saturated heterocycles. The van der Waals surface area contributed by atoms with Crippen LogP contribution in [0.1, 0.15) is 55.2 Å². The maximum atomic E-state index is 12.6. The van der Waals surface area contributed by atoms with Gasteiger partial charge in [0.2, 0.25) is 0 Å². The molecule has 3 rings (SSSR count). The Morgan fingerprint density at radius 2 is 1.72 bits per heavy atom. The van der Waals surface area contributed by atoms with Crippen molar-refractivity contribution < 1.29 is 14.4 Å². The summed E-state index contributed by atoms with van der Waals surface area (Å²) < 4.78 is 0. The van der Waals surface area contributed by atoms with E-state index in [1.807, 2.05) is 19.1 Å². The van der Waals surface area contributed by atoms with Crippen LogP contribution in [-0.4, -0.2) is 17.3 Å². The Balaban J connectivity index is 2.01. The van der Waals surface area contributed by atoms with Crippen LogP contribution in [0.3, 0.4) is 0 Å². The van der Waals surface area contributed by atoms with E-state index in [0.717, 1.165) is 27.5 Å². The van der Waals surface area contributed by atoms with Gasteiger partial charge in [-0.15, -0.1) is 0 Å². The van der Waals surface area contributed by atoms with Crippen LogP contribution in [0.25, 0.3) is 10.8 Å². The van der Waals surface area contributed by atoms with Crippen molar-refractivity contribution in [2.75, 3.05) is 0 Å². The molecule has 0 unspecified atom stereocenters. The third kappa shape index (κ3) is 3.15. The Kier molecular flexibility index (Phi) is 4.85. The highest BCUT2D eigenvalue weighted by Gasteiger charge is 2.40. The molecule has 0 spiro atoms. The molecule has 0 radical (unpaired) electrons. The van der Waals surface area contributed by atoms with Crippen molar-refractivity contribution >= 4 is 28.1 Å². The summed E-state index contributed by atoms with van der Waals surface area (Å²) in [7, 11) is 0. The first-order chi connectivity index (χ1) is 11.9. The molecule has 0 amide bonds. The molecule has 3 heteroatoms. The monoisotopic (exact) mass is 336 g/mol. The van der Waals surface area contributed by atoms with Crippen LogP contribution in [0.2, 0.25) is 0 Å². The van der Waals surface area contributed by atoms with Crippen molar-refractivity contribution in [1.82, 2.24) is 0 Å². The summed E-state index contributed by atoms with van der Waals surface area (Å²) in [5.41, 5.74) is 3.40. The Morgan fingerprint density at radius 3 is 2.36 bits per heavy atom. The quantitative estimate of drug-likeness (QED) is 0.775. The van der Waals surface area contributed by atoms with Gasteiger partial charge in [0, 0.05) is 19.3 Å². The number of aryl methyl sites for hydroxylation is 1. The molecule has 2 aromatic carbocycles. The predicted octanol–water partition coefficient (Wildman–Crippen LogP) is 4.46. The van der Waals surface area contributed by atoms with Crippen molar-refractivity contribution in [3.8, 4) is 0 Å². The van der Waals surface area contributed by atoms with E-state index >= 15 is 0 Å². The number of Topliss-reactive ketones (excluding diaryl/α,β-unsaturated/α-hetero) is 3. The zero-order valence-corrected chi connectivity index (χ0v) is 15.1. The summed E-state index contributed by atoms with van der Waals surface area (Å²) in [6, 6.07) is 10.2. The van der Waals surface area contributed by atoms with E-state index in [-0.39, 0.29) is 36.1 Å². The lowest BCUT2D eigenvalue weighted by molar-refractivity contribution is -0.142. The highest BCUT2D eigenvalue weighted by Crippen LogP contribution is 2.39. The van der Waals surface area contributed by atoms with Crippen LogP contribution in [0.5, 0.6) is 0 Å². The Labute approximate surface area is 148 Å². The fourth-order valence-corrected chi connectivity index (χ4v) is 4.08. The van der Waals surface area contributed by atoms with Crippen molar-refractivity contribution in [2.45, 2.75) is 52.4 Å². The van der Waals surface area contributed by atoms with Gasteiger partial charge in [0.15, 0.2) is 17.3 Å². The third-order valence-electron chi connectivity index (χ3n) is 5.38. The van der Waals surface area contributed by atoms with E-state index in [1.54, 1.807) is 0 Å². The number of carbonyl (C=O) groups is 3. The minimum Gasteiger partial charge on any atom is -0.298 e. The van der Waals surface area contributed by atoms with Gasteiger partial charge < -0.3 is 0 Å². The van der Waals surface area contributed by atoms with Crippen LogP contribution >= 0.6 is 0 Å². The molecule has 1 aliphatic carbocycles. The molecule has 0 bridgehead atoms. The Hall–Kier alpha value is -2.29. The van der Waals surface area contributed by atoms with E-state index in [9.17, 15) is 14.4 Å². The molecule has 1 aliphatic rings. The molecule has 2 aromatic rings. The summed E-state index contributed by atoms with van der Waals surface area (Å²) in [4.78, 5) is 37.3. The van der Waals surface area contributed by atoms with Gasteiger partial charge in [0.25, 0.3) is 0 Å². The number of ketones is 3. The summed E-state index contributed by atoms with van der Waals surface area (Å²) in [6.07, 6.45) is 1.53. The zero-order chi connectivity index (χ0) is 18.1. The Morgan fingerprint density at radius 1 is 1.08 bits per heavy atom. The van der Waals surface area contributed by atoms with Gasteiger partial charge >= 0.3 is 0 Å². The van der Waals surface area contributed by atoms with Gasteiger partial charge in [-0.1, -0.05) is 37.3 Å². The first-order valence-electron chi connectivity index (χ1n) is 9.01. The maximum Gasteiger partial charge on any atom is 0.151 e. The smallest absolute Gasteiger partial charge is 0.151 e. The molecular formula is C22H24O3. The molecule has 0 aromatic heterocycles. The fourth-order valence-electron chi connectivity index (χ4n) is 4.08. The topological polar surface area (TPSA) is 51.2 Å². The molecule has 3 nitrogen and oxygen atoms in total. The normalized spacial score (nSPS) is 20.9. The van der Waals surface area contributed by atoms with Crippen LogP contribution in [0.15, 0.2) is 30.3 Å². The number of hydrogen-bond donors (Lipinski definition) is 0. The number of hydrogen-bond acceptors (Lipinski definition) is 3. The summed E-state index contributed by atoms with van der Waals surface area (Å²) in [5, 5.41) is 2.24. The average molecular weight is 336 g/mol. The first kappa shape index (κ1) is 17.5. The molecule has 0 N–H and O–H groups in total. The van der Waals surface area contributed by atoms with Crippen LogP contribution in [0.4, 0.5) is 0 Å². The van der Waals surface area contributed by atoms with Crippen molar-refractivity contribution in [1.29, 1.82) is 0 Å². The molecule has 0 atom stereocenters. The molecule has 1 fully saturated rings. The van der Waals surface area contributed by atoms with Gasteiger partial charge in [-0.3, -0.25) is 14.4 Å². The van der Waals surface area contributed by atoms with Crippen molar-refractivity contribution in [3.05, 3.63) is 47.0 Å². The zero-order valence-electron chi connectivity index (χ0n) is 15.1. The first-order valence-corrected chi connectivity index (χ1v) is 9.01. The van der Waals surface area contributed by atoms with Gasteiger partial charge in [-0.05, 0) is 53.6 Å². The Bertz CT molecular complexity index is 845. The van der Waals surface area contributed by atoms with Gasteiger partial charge in [-0.2, -0.15) is 0 Å². The molecule has 0 aliphatic heterocycles. The van der Waals surface area contributed by atoms with Crippen molar-refractivity contribution in [2.24, 2.45) is 5.92 Å². The summed E-state index contributed by atoms with van der Waals surface area (Å²) >= 11 is 0. The number of benzene rings is 2. The van der Waals surface area contributed by atoms with Gasteiger partial charge in [-0.25, -0.2) is 0 Å². The number of fused-ring (bicyclic) bond motifs is 1. The summed E-state index contributed by atoms with van der Waals surface area (Å²) in [5.74, 6) is -1.76. The van der Waals surface area contributed by atoms with E-state index in [1.165, 1.54) is 0 Å². The van der Waals surface area contributed by atoms with Gasteiger partial charge in [0.05, 0.1) is 0 Å². The predicted molar refractivity (Wildman–Crippen MR) is 98.8 cm³/mol. The number of rotatable bonds is 4. The second kappa shape index (κ2) is 6.91. The second-order valence-corrected chi connectivity index (χ2v) is 7.14. The maximum absolute atomic E-state index is 12.6. The minimum atomic E-state index is -1.02. The lowest BCUT2D eigenvalue weighted by Crippen LogP contribution is -2.38. The third-order valence-corrected chi connectivity index (χ3v) is 5.38. The molecule has 1 saturated carbocycles. The van der Waals surface area contributed by atoms with Crippen molar-refractivity contribution in [3.63, 3.8) is 0 Å². The molecule has 130 valence electrons. The number of carbonyl (C=O) groups excluding carboxylic acids is 3. The largest absolute Gasteiger partial charge is 0.298 e. The highest BCUT2D eigenvalue weighted by atomic mass is 16.2. The second-order valence-electron chi connectivity index (χ2n) is 7.14. The van der Waals surface area contributed by atoms with E-state index in [0.29, 0.717) is 12.8 Å². The molecular weight excluding hydrogens is 312 g/mol. The van der Waals surface area contributed by atoms with Crippen LogP contribution in [0, 0.1) is 19.8 Å². The van der Waals surface area contributed by atoms with E-state index in [4.69, 9.17) is 0 Å². The molecule has 25 heavy (non-hydrogen) atoms. The molecule has 0 heterocycles. The van der Waals surface area contributed by atoms with Crippen LogP contribution < -0.4 is 0 Å². The minimum absolute atomic E-state index is 0.129. The van der Waals surface area contributed by atoms with Gasteiger partial charge in [0.1, 0.15) is 5.92 Å². The lowest BCUT2D eigenvalue weighted by Gasteiger charge is -2.28. The summed E-state index contributed by atoms with van der Waals surface area (Å²) in [6.45, 7) is 6.01. The van der Waals surface area contributed by atoms with E-state index < -0.39 is 5.92 Å². The van der Waals surface area contributed by atoms with E-state index in [2.05, 4.69) is 32.0 Å². The van der Waals surface area contributed by atoms with Crippen LogP contribution in [-0.2, 0) is 14.4 Å². The SMILES string of the molecule is CCCC(=O)C1C(=O)CC(c2c(C)c(C)cc3ccccc23)CC1=O. The average Bonchev–Trinajstić information content (AvgIpc) is 2.55. The lowest BCUT2D eigenvalue weighted by atomic mass is 9.72. The standard InChI is InChI=1S/C22H24O3/c1-4-7-18(23)22-19(24)11-16(12-20(22)25)21-14(3)13(2)10-15-8-5-6-9-17(15)21/h5-6,8-10,16,22H,4,7,11-12H2,1-3H3. The fraction of sp³-hybridized carbons (Fsp3) is 0.409. The highest BCUT2D eigenvalue weighted by molar-refractivity contribution is 6.21.